The Balaban J connectivity index is 1.31. The van der Waals surface area contributed by atoms with Gasteiger partial charge in [0.15, 0.2) is 23.1 Å². The third kappa shape index (κ3) is 4.92. The molecule has 1 N–H and O–H groups in total. The number of ether oxygens (including phenoxy) is 1. The van der Waals surface area contributed by atoms with Crippen molar-refractivity contribution in [1.82, 2.24) is 4.90 Å². The first-order valence-electron chi connectivity index (χ1n) is 17.9. The van der Waals surface area contributed by atoms with E-state index in [1.165, 1.54) is 13.2 Å². The standard InChI is InChI=1S/C43H41NO6/c1-50-37-23-26(18-22-36(37)45)17-21-34-30-19-20-31-39(42(49)44(41(31)48)29-15-9-4-10-16-29)33(30)24-35-40(47)32(27-11-5-2-6-12-27)25-38(46)43(34,35)28-13-7-3-8-14-28/h2-3,5-8,11-14,17-19,21-23,25,29,31,33-35,39,45H,4,9-10,15-16,20,24H2,1H3/t31-,33+,34-,35-,39-,43-/m0/s1. The number of ketones is 2. The number of aromatic hydroxyl groups is 1. The molecule has 0 spiro atoms. The number of carbonyl (C=O) groups is 4. The molecular weight excluding hydrogens is 626 g/mol. The molecule has 2 amide bonds. The molecule has 8 rings (SSSR count). The number of hydrogen-bond acceptors (Lipinski definition) is 6. The normalized spacial score (nSPS) is 29.7. The SMILES string of the molecule is COc1cc(C=C[C@H]2C3=CC[C@@H]4C(=O)N(C5CCCCC5)C(=O)[C@@H]4[C@@H]3C[C@H]3C(=O)C(c4ccccc4)=CC(=O)[C@@]23c2ccccc2)ccc1O. The van der Waals surface area contributed by atoms with Crippen LogP contribution < -0.4 is 4.74 Å². The third-order valence-corrected chi connectivity index (χ3v) is 12.1. The van der Waals surface area contributed by atoms with E-state index < -0.39 is 29.1 Å². The van der Waals surface area contributed by atoms with Crippen LogP contribution in [-0.4, -0.2) is 46.5 Å². The summed E-state index contributed by atoms with van der Waals surface area (Å²) in [5.74, 6) is -2.89. The van der Waals surface area contributed by atoms with Gasteiger partial charge in [0.25, 0.3) is 0 Å². The van der Waals surface area contributed by atoms with Gasteiger partial charge in [0.05, 0.1) is 24.4 Å². The summed E-state index contributed by atoms with van der Waals surface area (Å²) in [6.45, 7) is 0. The summed E-state index contributed by atoms with van der Waals surface area (Å²) in [7, 11) is 1.49. The first kappa shape index (κ1) is 32.2. The van der Waals surface area contributed by atoms with Crippen LogP contribution in [0.3, 0.4) is 0 Å². The van der Waals surface area contributed by atoms with Crippen LogP contribution in [0.2, 0.25) is 0 Å². The number of carbonyl (C=O) groups excluding carboxylic acids is 4. The van der Waals surface area contributed by atoms with Crippen molar-refractivity contribution in [2.24, 2.45) is 29.6 Å². The Kier molecular flexibility index (Phi) is 8.17. The largest absolute Gasteiger partial charge is 0.504 e. The summed E-state index contributed by atoms with van der Waals surface area (Å²) in [5, 5.41) is 10.3. The lowest BCUT2D eigenvalue weighted by Gasteiger charge is -2.54. The van der Waals surface area contributed by atoms with Gasteiger partial charge >= 0.3 is 0 Å². The van der Waals surface area contributed by atoms with Crippen LogP contribution in [0.4, 0.5) is 0 Å². The molecule has 0 radical (unpaired) electrons. The molecule has 0 aromatic heterocycles. The van der Waals surface area contributed by atoms with Crippen molar-refractivity contribution in [1.29, 1.82) is 0 Å². The molecule has 3 fully saturated rings. The van der Waals surface area contributed by atoms with Crippen molar-refractivity contribution < 1.29 is 29.0 Å². The van der Waals surface area contributed by atoms with E-state index in [4.69, 9.17) is 4.74 Å². The second-order valence-electron chi connectivity index (χ2n) is 14.5. The van der Waals surface area contributed by atoms with E-state index >= 15 is 4.79 Å². The Morgan fingerprint density at radius 1 is 0.860 bits per heavy atom. The number of allylic oxidation sites excluding steroid dienone is 5. The predicted octanol–water partition coefficient (Wildman–Crippen LogP) is 7.10. The summed E-state index contributed by atoms with van der Waals surface area (Å²) >= 11 is 0. The van der Waals surface area contributed by atoms with E-state index in [-0.39, 0.29) is 41.1 Å². The van der Waals surface area contributed by atoms with Crippen molar-refractivity contribution in [3.63, 3.8) is 0 Å². The quantitative estimate of drug-likeness (QED) is 0.222. The number of phenols is 1. The Bertz CT molecular complexity index is 1960. The van der Waals surface area contributed by atoms with Crippen molar-refractivity contribution in [3.05, 3.63) is 119 Å². The lowest BCUT2D eigenvalue weighted by Crippen LogP contribution is -2.59. The second kappa shape index (κ2) is 12.7. The first-order chi connectivity index (χ1) is 24.3. The number of nitrogens with zero attached hydrogens (tertiary/aromatic N) is 1. The van der Waals surface area contributed by atoms with E-state index in [0.29, 0.717) is 29.7 Å². The predicted molar refractivity (Wildman–Crippen MR) is 190 cm³/mol. The number of methoxy groups -OCH3 is 1. The van der Waals surface area contributed by atoms with Gasteiger partial charge in [-0.25, -0.2) is 0 Å². The summed E-state index contributed by atoms with van der Waals surface area (Å²) in [6, 6.07) is 23.9. The summed E-state index contributed by atoms with van der Waals surface area (Å²) in [4.78, 5) is 60.1. The third-order valence-electron chi connectivity index (χ3n) is 12.1. The zero-order valence-electron chi connectivity index (χ0n) is 28.2. The molecule has 3 aromatic rings. The molecule has 1 aliphatic heterocycles. The highest BCUT2D eigenvalue weighted by Crippen LogP contribution is 2.61. The smallest absolute Gasteiger partial charge is 0.233 e. The summed E-state index contributed by atoms with van der Waals surface area (Å²) < 4.78 is 5.38. The Hall–Kier alpha value is -5.04. The fraction of sp³-hybridized carbons (Fsp3) is 0.349. The molecule has 2 saturated carbocycles. The number of hydrogen-bond donors (Lipinski definition) is 1. The van der Waals surface area contributed by atoms with Gasteiger partial charge in [-0.05, 0) is 66.5 Å². The molecule has 6 atom stereocenters. The maximum Gasteiger partial charge on any atom is 0.233 e. The van der Waals surface area contributed by atoms with Crippen LogP contribution in [0.15, 0.2) is 103 Å². The number of Topliss-reactive ketones (excluding diaryl/α,β-unsaturated/α-hetero) is 1. The van der Waals surface area contributed by atoms with E-state index in [2.05, 4.69) is 6.08 Å². The van der Waals surface area contributed by atoms with Crippen LogP contribution in [0.25, 0.3) is 11.6 Å². The van der Waals surface area contributed by atoms with Crippen LogP contribution in [0, 0.1) is 29.6 Å². The fourth-order valence-corrected chi connectivity index (χ4v) is 9.85. The van der Waals surface area contributed by atoms with Gasteiger partial charge in [-0.3, -0.25) is 24.1 Å². The minimum absolute atomic E-state index is 0.0165. The van der Waals surface area contributed by atoms with Gasteiger partial charge in [-0.1, -0.05) is 110 Å². The van der Waals surface area contributed by atoms with E-state index in [0.717, 1.165) is 48.8 Å². The molecular formula is C43H41NO6. The number of rotatable bonds is 6. The lowest BCUT2D eigenvalue weighted by molar-refractivity contribution is -0.144. The number of amides is 2. The number of fused-ring (bicyclic) bond motifs is 4. The van der Waals surface area contributed by atoms with Gasteiger partial charge in [-0.15, -0.1) is 0 Å². The topological polar surface area (TPSA) is 101 Å². The lowest BCUT2D eigenvalue weighted by atomic mass is 9.45. The fourth-order valence-electron chi connectivity index (χ4n) is 9.85. The Labute approximate surface area is 292 Å². The van der Waals surface area contributed by atoms with Gasteiger partial charge in [0.1, 0.15) is 0 Å². The van der Waals surface area contributed by atoms with Gasteiger partial charge in [-0.2, -0.15) is 0 Å². The zero-order chi connectivity index (χ0) is 34.6. The first-order valence-corrected chi connectivity index (χ1v) is 17.9. The number of likely N-dealkylation sites (tertiary alicyclic amines) is 1. The number of imide groups is 1. The second-order valence-corrected chi connectivity index (χ2v) is 14.5. The Morgan fingerprint density at radius 2 is 1.58 bits per heavy atom. The molecule has 7 heteroatoms. The van der Waals surface area contributed by atoms with E-state index in [1.807, 2.05) is 72.8 Å². The summed E-state index contributed by atoms with van der Waals surface area (Å²) in [6.07, 6.45) is 13.1. The summed E-state index contributed by atoms with van der Waals surface area (Å²) in [5.41, 5.74) is 2.26. The van der Waals surface area contributed by atoms with Gasteiger partial charge < -0.3 is 9.84 Å². The average Bonchev–Trinajstić information content (AvgIpc) is 3.42. The average molecular weight is 668 g/mol. The molecule has 50 heavy (non-hydrogen) atoms. The van der Waals surface area contributed by atoms with Crippen molar-refractivity contribution in [2.45, 2.75) is 56.4 Å². The molecule has 0 unspecified atom stereocenters. The number of phenolic OH excluding ortho intramolecular Hbond substituents is 1. The van der Waals surface area contributed by atoms with E-state index in [1.54, 1.807) is 23.1 Å². The highest BCUT2D eigenvalue weighted by atomic mass is 16.5. The van der Waals surface area contributed by atoms with Crippen LogP contribution in [0.1, 0.15) is 61.6 Å². The highest BCUT2D eigenvalue weighted by Gasteiger charge is 2.65. The van der Waals surface area contributed by atoms with Crippen LogP contribution in [-0.2, 0) is 24.6 Å². The van der Waals surface area contributed by atoms with Crippen molar-refractivity contribution in [3.8, 4) is 11.5 Å². The Morgan fingerprint density at radius 3 is 2.30 bits per heavy atom. The number of benzene rings is 3. The zero-order valence-corrected chi connectivity index (χ0v) is 28.2. The molecule has 5 aliphatic rings. The molecule has 0 bridgehead atoms. The molecule has 1 saturated heterocycles. The molecule has 254 valence electrons. The highest BCUT2D eigenvalue weighted by molar-refractivity contribution is 6.31. The molecule has 4 aliphatic carbocycles. The van der Waals surface area contributed by atoms with Crippen LogP contribution in [0.5, 0.6) is 11.5 Å². The maximum absolute atomic E-state index is 15.1. The maximum atomic E-state index is 15.1. The van der Waals surface area contributed by atoms with Crippen molar-refractivity contribution in [2.75, 3.05) is 7.11 Å². The molecule has 7 nitrogen and oxygen atoms in total. The minimum Gasteiger partial charge on any atom is -0.504 e. The van der Waals surface area contributed by atoms with Gasteiger partial charge in [0.2, 0.25) is 11.8 Å². The monoisotopic (exact) mass is 667 g/mol. The van der Waals surface area contributed by atoms with E-state index in [9.17, 15) is 19.5 Å². The minimum atomic E-state index is -1.27. The van der Waals surface area contributed by atoms with Crippen LogP contribution >= 0.6 is 0 Å². The molecule has 1 heterocycles. The molecule has 3 aromatic carbocycles. The van der Waals surface area contributed by atoms with Crippen molar-refractivity contribution >= 4 is 35.0 Å². The van der Waals surface area contributed by atoms with Gasteiger partial charge in [0, 0.05) is 23.5 Å².